The van der Waals surface area contributed by atoms with Crippen molar-refractivity contribution in [1.29, 1.82) is 0 Å². The zero-order valence-electron chi connectivity index (χ0n) is 11.7. The van der Waals surface area contributed by atoms with Gasteiger partial charge in [-0.05, 0) is 17.7 Å². The van der Waals surface area contributed by atoms with Gasteiger partial charge in [-0.25, -0.2) is 19.6 Å². The Bertz CT molecular complexity index is 761. The molecule has 1 amide bonds. The normalized spacial score (nSPS) is 13.9. The third kappa shape index (κ3) is 2.73. The fourth-order valence-electron chi connectivity index (χ4n) is 2.08. The van der Waals surface area contributed by atoms with Gasteiger partial charge in [0.2, 0.25) is 5.88 Å². The number of nitrogens with zero attached hydrogens (tertiary/aromatic N) is 2. The molecule has 2 aromatic rings. The quantitative estimate of drug-likeness (QED) is 0.944. The van der Waals surface area contributed by atoms with Crippen LogP contribution in [0.2, 0.25) is 0 Å². The third-order valence-corrected chi connectivity index (χ3v) is 3.18. The topological polar surface area (TPSA) is 72.8 Å². The van der Waals surface area contributed by atoms with Crippen molar-refractivity contribution in [3.8, 4) is 17.0 Å². The summed E-state index contributed by atoms with van der Waals surface area (Å²) < 4.78 is 24.2. The Balaban J connectivity index is 1.94. The van der Waals surface area contributed by atoms with Crippen molar-refractivity contribution in [2.24, 2.45) is 5.10 Å². The first-order chi connectivity index (χ1) is 10.7. The molecule has 6 nitrogen and oxygen atoms in total. The van der Waals surface area contributed by atoms with Crippen molar-refractivity contribution in [2.75, 3.05) is 13.7 Å². The van der Waals surface area contributed by atoms with E-state index in [1.165, 1.54) is 13.2 Å². The lowest BCUT2D eigenvalue weighted by molar-refractivity contribution is 0.157. The summed E-state index contributed by atoms with van der Waals surface area (Å²) in [6.45, 7) is 0.00764. The van der Waals surface area contributed by atoms with E-state index in [2.05, 4.69) is 15.5 Å². The van der Waals surface area contributed by atoms with Crippen LogP contribution in [0.15, 0.2) is 41.6 Å². The highest BCUT2D eigenvalue weighted by atomic mass is 19.1. The van der Waals surface area contributed by atoms with Crippen molar-refractivity contribution in [2.45, 2.75) is 0 Å². The molecule has 0 fully saturated rings. The van der Waals surface area contributed by atoms with Crippen molar-refractivity contribution >= 4 is 11.8 Å². The second-order valence-corrected chi connectivity index (χ2v) is 4.53. The summed E-state index contributed by atoms with van der Waals surface area (Å²) in [7, 11) is 1.50. The largest absolute Gasteiger partial charge is 0.481 e. The minimum atomic E-state index is -0.621. The average Bonchev–Trinajstić information content (AvgIpc) is 2.55. The maximum Gasteiger partial charge on any atom is 0.428 e. The van der Waals surface area contributed by atoms with Gasteiger partial charge >= 0.3 is 6.09 Å². The number of hydrogen-bond acceptors (Lipinski definition) is 5. The highest BCUT2D eigenvalue weighted by molar-refractivity contribution is 6.03. The summed E-state index contributed by atoms with van der Waals surface area (Å²) in [5.41, 5.74) is 4.27. The number of pyridine rings is 1. The van der Waals surface area contributed by atoms with Gasteiger partial charge in [0.25, 0.3) is 0 Å². The van der Waals surface area contributed by atoms with E-state index in [0.717, 1.165) is 0 Å². The van der Waals surface area contributed by atoms with Crippen LogP contribution in [0, 0.1) is 5.82 Å². The van der Waals surface area contributed by atoms with Gasteiger partial charge in [0, 0.05) is 23.4 Å². The van der Waals surface area contributed by atoms with Crippen LogP contribution in [0.4, 0.5) is 9.18 Å². The maximum atomic E-state index is 14.4. The summed E-state index contributed by atoms with van der Waals surface area (Å²) in [5, 5.41) is 3.85. The van der Waals surface area contributed by atoms with Gasteiger partial charge in [-0.3, -0.25) is 0 Å². The molecule has 1 aromatic carbocycles. The number of halogens is 1. The summed E-state index contributed by atoms with van der Waals surface area (Å²) in [4.78, 5) is 14.9. The second kappa shape index (κ2) is 5.80. The van der Waals surface area contributed by atoms with Crippen molar-refractivity contribution < 1.29 is 18.7 Å². The first kappa shape index (κ1) is 14.0. The fourth-order valence-corrected chi connectivity index (χ4v) is 2.08. The highest BCUT2D eigenvalue weighted by Gasteiger charge is 2.16. The Morgan fingerprint density at radius 2 is 2.14 bits per heavy atom. The molecule has 0 radical (unpaired) electrons. The van der Waals surface area contributed by atoms with Crippen LogP contribution in [0.3, 0.4) is 0 Å². The van der Waals surface area contributed by atoms with E-state index in [1.54, 1.807) is 30.5 Å². The third-order valence-electron chi connectivity index (χ3n) is 3.18. The zero-order valence-corrected chi connectivity index (χ0v) is 11.7. The summed E-state index contributed by atoms with van der Waals surface area (Å²) in [5.74, 6) is -0.000836. The van der Waals surface area contributed by atoms with E-state index < -0.39 is 11.9 Å². The molecule has 1 aromatic heterocycles. The van der Waals surface area contributed by atoms with Crippen LogP contribution in [0.25, 0.3) is 11.1 Å². The number of hydrogen-bond donors (Lipinski definition) is 1. The SMILES string of the molecule is COc1cc(-c2ccc(C3=NNC(=O)OC3)cc2F)ccn1. The summed E-state index contributed by atoms with van der Waals surface area (Å²) in [6.07, 6.45) is 0.931. The molecular formula is C15H12FN3O3. The van der Waals surface area contributed by atoms with Gasteiger partial charge in [-0.15, -0.1) is 0 Å². The molecule has 0 bridgehead atoms. The number of hydrazone groups is 1. The molecule has 1 N–H and O–H groups in total. The number of amides is 1. The molecule has 112 valence electrons. The van der Waals surface area contributed by atoms with Crippen LogP contribution in [-0.2, 0) is 4.74 Å². The van der Waals surface area contributed by atoms with Crippen LogP contribution in [0.5, 0.6) is 5.88 Å². The Hall–Kier alpha value is -2.96. The number of nitrogens with one attached hydrogen (secondary N) is 1. The molecule has 0 spiro atoms. The van der Waals surface area contributed by atoms with Gasteiger partial charge < -0.3 is 9.47 Å². The monoisotopic (exact) mass is 301 g/mol. The number of carbonyl (C=O) groups is 1. The number of methoxy groups -OCH3 is 1. The smallest absolute Gasteiger partial charge is 0.428 e. The highest BCUT2D eigenvalue weighted by Crippen LogP contribution is 2.26. The molecular weight excluding hydrogens is 289 g/mol. The molecule has 22 heavy (non-hydrogen) atoms. The predicted molar refractivity (Wildman–Crippen MR) is 77.2 cm³/mol. The second-order valence-electron chi connectivity index (χ2n) is 4.53. The standard InChI is InChI=1S/C15H12FN3O3/c1-21-14-7-9(4-5-17-14)11-3-2-10(6-12(11)16)13-8-22-15(20)19-18-13/h2-7H,8H2,1H3,(H,19,20). The minimum Gasteiger partial charge on any atom is -0.481 e. The molecule has 0 saturated heterocycles. The maximum absolute atomic E-state index is 14.4. The number of ether oxygens (including phenoxy) is 2. The molecule has 7 heteroatoms. The molecule has 0 saturated carbocycles. The molecule has 0 unspecified atom stereocenters. The van der Waals surface area contributed by atoms with Gasteiger partial charge in [0.1, 0.15) is 18.1 Å². The number of benzene rings is 1. The minimum absolute atomic E-state index is 0.00764. The number of rotatable bonds is 3. The lowest BCUT2D eigenvalue weighted by atomic mass is 10.0. The Morgan fingerprint density at radius 1 is 1.27 bits per heavy atom. The lowest BCUT2D eigenvalue weighted by Crippen LogP contribution is -2.30. The molecule has 0 aliphatic carbocycles. The van der Waals surface area contributed by atoms with Crippen molar-refractivity contribution in [3.05, 3.63) is 47.9 Å². The molecule has 1 aliphatic rings. The molecule has 2 heterocycles. The average molecular weight is 301 g/mol. The summed E-state index contributed by atoms with van der Waals surface area (Å²) >= 11 is 0. The number of aromatic nitrogens is 1. The number of carbonyl (C=O) groups excluding carboxylic acids is 1. The van der Waals surface area contributed by atoms with Crippen molar-refractivity contribution in [3.63, 3.8) is 0 Å². The van der Waals surface area contributed by atoms with Gasteiger partial charge in [0.05, 0.1) is 7.11 Å². The summed E-state index contributed by atoms with van der Waals surface area (Å²) in [6, 6.07) is 8.05. The predicted octanol–water partition coefficient (Wildman–Crippen LogP) is 2.34. The van der Waals surface area contributed by atoms with E-state index in [0.29, 0.717) is 28.3 Å². The lowest BCUT2D eigenvalue weighted by Gasteiger charge is -2.14. The van der Waals surface area contributed by atoms with E-state index >= 15 is 0 Å². The Kier molecular flexibility index (Phi) is 3.69. The van der Waals surface area contributed by atoms with Gasteiger partial charge in [0.15, 0.2) is 0 Å². The van der Waals surface area contributed by atoms with E-state index in [-0.39, 0.29) is 6.61 Å². The van der Waals surface area contributed by atoms with Crippen LogP contribution in [0.1, 0.15) is 5.56 Å². The van der Waals surface area contributed by atoms with E-state index in [4.69, 9.17) is 9.47 Å². The van der Waals surface area contributed by atoms with Crippen LogP contribution >= 0.6 is 0 Å². The fraction of sp³-hybridized carbons (Fsp3) is 0.133. The molecule has 3 rings (SSSR count). The first-order valence-corrected chi connectivity index (χ1v) is 6.47. The Labute approximate surface area is 125 Å². The number of cyclic esters (lactones) is 1. The van der Waals surface area contributed by atoms with E-state index in [1.807, 2.05) is 0 Å². The van der Waals surface area contributed by atoms with Crippen LogP contribution < -0.4 is 10.2 Å². The molecule has 0 atom stereocenters. The van der Waals surface area contributed by atoms with Gasteiger partial charge in [-0.1, -0.05) is 12.1 Å². The first-order valence-electron chi connectivity index (χ1n) is 6.47. The molecule has 1 aliphatic heterocycles. The zero-order chi connectivity index (χ0) is 15.5. The van der Waals surface area contributed by atoms with Crippen molar-refractivity contribution in [1.82, 2.24) is 10.4 Å². The van der Waals surface area contributed by atoms with Crippen LogP contribution in [-0.4, -0.2) is 30.5 Å². The van der Waals surface area contributed by atoms with Gasteiger partial charge in [-0.2, -0.15) is 5.10 Å². The van der Waals surface area contributed by atoms with E-state index in [9.17, 15) is 9.18 Å². The Morgan fingerprint density at radius 3 is 2.82 bits per heavy atom.